The number of furan rings is 1. The van der Waals surface area contributed by atoms with Gasteiger partial charge in [0.2, 0.25) is 0 Å². The zero-order valence-electron chi connectivity index (χ0n) is 47.0. The first-order valence-electron chi connectivity index (χ1n) is 27.0. The predicted molar refractivity (Wildman–Crippen MR) is 257 cm³/mol. The Morgan fingerprint density at radius 2 is 0.984 bits per heavy atom. The van der Waals surface area contributed by atoms with E-state index in [9.17, 15) is 2.74 Å². The van der Waals surface area contributed by atoms with Gasteiger partial charge in [-0.05, 0) is 132 Å². The molecule has 10 aromatic carbocycles. The van der Waals surface area contributed by atoms with Gasteiger partial charge in [-0.15, -0.1) is 0 Å². The maximum Gasteiger partial charge on any atom is 0.135 e. The summed E-state index contributed by atoms with van der Waals surface area (Å²) < 4.78 is 130. The first kappa shape index (κ1) is 23.8. The standard InChI is InChI=1S/C59H41NO/c1-59(2)55-29-9-7-25-50(55)54-37-45(36-52(58(54)59)42-31-32-57-53(35-42)51-26-8-10-30-56(51)61-57)60(43-21-11-19-40(33-43)48-27-13-17-38-15-3-5-23-46(38)48)44-22-12-20-41(34-44)49-28-14-18-39-16-4-6-24-47(39)49/h3-37H,1-2H3/i3D,4D,5D,6D,13D,14D,15D,16D,17D,18D,23D,24D,27D,28D. The molecule has 2 heteroatoms. The van der Waals surface area contributed by atoms with Crippen molar-refractivity contribution >= 4 is 60.5 Å². The van der Waals surface area contributed by atoms with Crippen LogP contribution in [0.5, 0.6) is 0 Å². The third-order valence-electron chi connectivity index (χ3n) is 12.0. The molecule has 0 radical (unpaired) electrons. The van der Waals surface area contributed by atoms with Crippen molar-refractivity contribution in [2.24, 2.45) is 0 Å². The number of hydrogen-bond acceptors (Lipinski definition) is 2. The van der Waals surface area contributed by atoms with E-state index < -0.39 is 90.0 Å². The second-order valence-corrected chi connectivity index (χ2v) is 15.8. The Labute approximate surface area is 375 Å². The molecule has 2 nitrogen and oxygen atoms in total. The number of para-hydroxylation sites is 1. The van der Waals surface area contributed by atoms with E-state index in [2.05, 4.69) is 44.2 Å². The fourth-order valence-corrected chi connectivity index (χ4v) is 9.27. The molecule has 0 saturated carbocycles. The van der Waals surface area contributed by atoms with Crippen LogP contribution in [0.4, 0.5) is 17.1 Å². The fourth-order valence-electron chi connectivity index (χ4n) is 9.27. The predicted octanol–water partition coefficient (Wildman–Crippen LogP) is 16.7. The second-order valence-electron chi connectivity index (χ2n) is 15.8. The van der Waals surface area contributed by atoms with Gasteiger partial charge in [0.1, 0.15) is 11.2 Å². The smallest absolute Gasteiger partial charge is 0.135 e. The maximum atomic E-state index is 9.28. The molecule has 12 rings (SSSR count). The Balaban J connectivity index is 1.18. The fraction of sp³-hybridized carbons (Fsp3) is 0.0508. The van der Waals surface area contributed by atoms with Crippen molar-refractivity contribution in [3.63, 3.8) is 0 Å². The SMILES string of the molecule is [2H]c1c([2H])c([2H])c2c(-c3cccc(N(c4cccc(-c5c([2H])c([2H])c([2H])c6c([2H])c([2H])c([2H])c([2H])c56)c4)c4cc(-c5ccc6oc7ccccc7c6c5)c5c(c4)-c4ccccc4C5(C)C)c3)c([2H])c([2H])c([2H])c2c1[2H]. The highest BCUT2D eigenvalue weighted by Gasteiger charge is 2.38. The Morgan fingerprint density at radius 1 is 0.410 bits per heavy atom. The highest BCUT2D eigenvalue weighted by atomic mass is 16.3. The number of hydrogen-bond donors (Lipinski definition) is 0. The lowest BCUT2D eigenvalue weighted by Gasteiger charge is -2.30. The van der Waals surface area contributed by atoms with E-state index in [4.69, 9.17) is 20.9 Å². The molecule has 1 aliphatic rings. The van der Waals surface area contributed by atoms with Crippen LogP contribution in [0, 0.1) is 0 Å². The molecule has 1 heterocycles. The molecule has 0 unspecified atom stereocenters. The summed E-state index contributed by atoms with van der Waals surface area (Å²) in [5.41, 5.74) is 9.36. The van der Waals surface area contributed by atoms with E-state index in [1.165, 1.54) is 0 Å². The average molecular weight is 794 g/mol. The van der Waals surface area contributed by atoms with E-state index in [-0.39, 0.29) is 32.7 Å². The third-order valence-corrected chi connectivity index (χ3v) is 12.0. The van der Waals surface area contributed by atoms with Crippen molar-refractivity contribution in [2.75, 3.05) is 4.90 Å². The lowest BCUT2D eigenvalue weighted by molar-refractivity contribution is 0.662. The molecule has 1 aromatic heterocycles. The lowest BCUT2D eigenvalue weighted by Crippen LogP contribution is -2.17. The molecular formula is C59H41NO. The maximum absolute atomic E-state index is 9.28. The normalized spacial score (nSPS) is 16.1. The summed E-state index contributed by atoms with van der Waals surface area (Å²) >= 11 is 0. The zero-order valence-corrected chi connectivity index (χ0v) is 33.0. The van der Waals surface area contributed by atoms with Crippen LogP contribution in [0.25, 0.3) is 88.0 Å². The third kappa shape index (κ3) is 5.64. The van der Waals surface area contributed by atoms with Crippen LogP contribution in [0.2, 0.25) is 0 Å². The second kappa shape index (κ2) is 13.7. The van der Waals surface area contributed by atoms with Gasteiger partial charge in [-0.2, -0.15) is 0 Å². The van der Waals surface area contributed by atoms with Crippen LogP contribution in [-0.4, -0.2) is 0 Å². The zero-order chi connectivity index (χ0) is 52.8. The summed E-state index contributed by atoms with van der Waals surface area (Å²) in [4.78, 5) is 1.96. The van der Waals surface area contributed by atoms with Gasteiger partial charge in [0.25, 0.3) is 0 Å². The minimum Gasteiger partial charge on any atom is -0.456 e. The molecule has 61 heavy (non-hydrogen) atoms. The van der Waals surface area contributed by atoms with Crippen molar-refractivity contribution in [1.29, 1.82) is 0 Å². The number of benzene rings is 10. The molecule has 0 amide bonds. The van der Waals surface area contributed by atoms with Gasteiger partial charge in [-0.3, -0.25) is 0 Å². The minimum atomic E-state index is -0.560. The molecule has 0 aliphatic heterocycles. The van der Waals surface area contributed by atoms with Gasteiger partial charge in [-0.25, -0.2) is 0 Å². The Hall–Kier alpha value is -7.68. The Bertz CT molecular complexity index is 4170. The van der Waals surface area contributed by atoms with Gasteiger partial charge >= 0.3 is 0 Å². The van der Waals surface area contributed by atoms with E-state index >= 15 is 0 Å². The van der Waals surface area contributed by atoms with Gasteiger partial charge in [0, 0.05) is 33.2 Å². The van der Waals surface area contributed by atoms with Crippen molar-refractivity contribution in [3.05, 3.63) is 223 Å². The van der Waals surface area contributed by atoms with Gasteiger partial charge < -0.3 is 9.32 Å². The molecule has 0 spiro atoms. The average Bonchev–Trinajstić information content (AvgIpc) is 3.90. The Kier molecular flexibility index (Phi) is 5.34. The van der Waals surface area contributed by atoms with Gasteiger partial charge in [0.15, 0.2) is 0 Å². The largest absolute Gasteiger partial charge is 0.456 e. The van der Waals surface area contributed by atoms with E-state index in [0.29, 0.717) is 28.2 Å². The van der Waals surface area contributed by atoms with Crippen molar-refractivity contribution in [3.8, 4) is 44.5 Å². The summed E-state index contributed by atoms with van der Waals surface area (Å²) in [6, 6.07) is 33.7. The summed E-state index contributed by atoms with van der Waals surface area (Å²) in [6.45, 7) is 4.41. The number of fused-ring (bicyclic) bond motifs is 8. The van der Waals surface area contributed by atoms with Gasteiger partial charge in [-0.1, -0.05) is 171 Å². The van der Waals surface area contributed by atoms with Crippen molar-refractivity contribution < 1.29 is 23.6 Å². The molecule has 0 bridgehead atoms. The summed E-state index contributed by atoms with van der Waals surface area (Å²) in [5, 5.41) is 1.40. The van der Waals surface area contributed by atoms with Crippen LogP contribution in [0.15, 0.2) is 216 Å². The molecule has 11 aromatic rings. The van der Waals surface area contributed by atoms with Crippen LogP contribution in [-0.2, 0) is 5.41 Å². The van der Waals surface area contributed by atoms with Crippen LogP contribution >= 0.6 is 0 Å². The minimum absolute atomic E-state index is 0.0393. The monoisotopic (exact) mass is 793 g/mol. The van der Waals surface area contributed by atoms with Gasteiger partial charge in [0.05, 0.1) is 19.2 Å². The molecule has 0 atom stereocenters. The van der Waals surface area contributed by atoms with Crippen LogP contribution in [0.3, 0.4) is 0 Å². The first-order valence-corrected chi connectivity index (χ1v) is 20.0. The molecule has 288 valence electrons. The molecule has 1 aliphatic carbocycles. The molecule has 0 N–H and O–H groups in total. The highest BCUT2D eigenvalue weighted by molar-refractivity contribution is 6.07. The van der Waals surface area contributed by atoms with Crippen LogP contribution < -0.4 is 4.90 Å². The quantitative estimate of drug-likeness (QED) is 0.167. The highest BCUT2D eigenvalue weighted by Crippen LogP contribution is 2.55. The van der Waals surface area contributed by atoms with Crippen LogP contribution in [0.1, 0.15) is 44.2 Å². The van der Waals surface area contributed by atoms with E-state index in [1.54, 1.807) is 36.4 Å². The molecule has 0 fully saturated rings. The van der Waals surface area contributed by atoms with Crippen molar-refractivity contribution in [2.45, 2.75) is 19.3 Å². The summed E-state index contributed by atoms with van der Waals surface area (Å²) in [6.07, 6.45) is 0. The summed E-state index contributed by atoms with van der Waals surface area (Å²) in [7, 11) is 0. The molecule has 0 saturated heterocycles. The van der Waals surface area contributed by atoms with E-state index in [0.717, 1.165) is 55.3 Å². The number of rotatable bonds is 6. The van der Waals surface area contributed by atoms with Crippen molar-refractivity contribution in [1.82, 2.24) is 0 Å². The number of anilines is 3. The topological polar surface area (TPSA) is 16.4 Å². The number of nitrogens with zero attached hydrogens (tertiary/aromatic N) is 1. The lowest BCUT2D eigenvalue weighted by atomic mass is 9.78. The Morgan fingerprint density at radius 3 is 1.69 bits per heavy atom. The summed E-state index contributed by atoms with van der Waals surface area (Å²) in [5.74, 6) is 0. The first-order chi connectivity index (χ1) is 35.8. The molecular weight excluding hydrogens is 739 g/mol. The van der Waals surface area contributed by atoms with E-state index in [1.807, 2.05) is 65.6 Å².